The third-order valence-corrected chi connectivity index (χ3v) is 3.66. The molecule has 5 nitrogen and oxygen atoms in total. The van der Waals surface area contributed by atoms with Crippen molar-refractivity contribution in [2.75, 3.05) is 6.54 Å². The van der Waals surface area contributed by atoms with E-state index >= 15 is 0 Å². The van der Waals surface area contributed by atoms with Crippen molar-refractivity contribution in [1.82, 2.24) is 4.90 Å². The Balaban J connectivity index is 2.30. The SMILES string of the molecule is CC(=O)OC1CCCN(C(=O)OC(C)(C)C)C1c1ccccc1. The molecule has 1 aliphatic heterocycles. The molecular weight excluding hydrogens is 294 g/mol. The van der Waals surface area contributed by atoms with E-state index in [1.807, 2.05) is 51.1 Å². The highest BCUT2D eigenvalue weighted by Crippen LogP contribution is 2.34. The number of amides is 1. The van der Waals surface area contributed by atoms with Crippen LogP contribution < -0.4 is 0 Å². The Hall–Kier alpha value is -2.04. The van der Waals surface area contributed by atoms with Crippen LogP contribution in [-0.2, 0) is 14.3 Å². The van der Waals surface area contributed by atoms with Crippen molar-refractivity contribution in [2.24, 2.45) is 0 Å². The summed E-state index contributed by atoms with van der Waals surface area (Å²) in [7, 11) is 0. The second-order valence-electron chi connectivity index (χ2n) is 6.82. The summed E-state index contributed by atoms with van der Waals surface area (Å²) >= 11 is 0. The molecule has 0 bridgehead atoms. The molecule has 1 aromatic carbocycles. The molecule has 1 aromatic rings. The number of carbonyl (C=O) groups excluding carboxylic acids is 2. The van der Waals surface area contributed by atoms with E-state index in [0.29, 0.717) is 6.54 Å². The highest BCUT2D eigenvalue weighted by Gasteiger charge is 2.39. The number of ether oxygens (including phenoxy) is 2. The van der Waals surface area contributed by atoms with Gasteiger partial charge in [-0.15, -0.1) is 0 Å². The summed E-state index contributed by atoms with van der Waals surface area (Å²) in [5.74, 6) is -0.332. The second kappa shape index (κ2) is 7.02. The van der Waals surface area contributed by atoms with E-state index < -0.39 is 5.60 Å². The number of nitrogens with zero attached hydrogens (tertiary/aromatic N) is 1. The van der Waals surface area contributed by atoms with Gasteiger partial charge in [0.1, 0.15) is 11.7 Å². The summed E-state index contributed by atoms with van der Waals surface area (Å²) in [4.78, 5) is 25.7. The first-order valence-corrected chi connectivity index (χ1v) is 8.00. The van der Waals surface area contributed by atoms with Gasteiger partial charge in [-0.2, -0.15) is 0 Å². The molecule has 23 heavy (non-hydrogen) atoms. The van der Waals surface area contributed by atoms with Gasteiger partial charge >= 0.3 is 12.1 Å². The summed E-state index contributed by atoms with van der Waals surface area (Å²) in [6.45, 7) is 7.52. The van der Waals surface area contributed by atoms with Crippen LogP contribution in [0.2, 0.25) is 0 Å². The molecule has 1 fully saturated rings. The zero-order chi connectivity index (χ0) is 17.0. The molecule has 1 heterocycles. The van der Waals surface area contributed by atoms with Gasteiger partial charge in [0.25, 0.3) is 0 Å². The standard InChI is InChI=1S/C18H25NO4/c1-13(20)22-15-11-8-12-19(17(21)23-18(2,3)4)16(15)14-9-6-5-7-10-14/h5-7,9-10,15-16H,8,11-12H2,1-4H3. The maximum atomic E-state index is 12.6. The van der Waals surface area contributed by atoms with E-state index in [2.05, 4.69) is 0 Å². The normalized spacial score (nSPS) is 21.7. The Bertz CT molecular complexity index is 550. The van der Waals surface area contributed by atoms with Crippen LogP contribution in [0.5, 0.6) is 0 Å². The van der Waals surface area contributed by atoms with E-state index in [0.717, 1.165) is 18.4 Å². The predicted molar refractivity (Wildman–Crippen MR) is 86.9 cm³/mol. The van der Waals surface area contributed by atoms with Crippen molar-refractivity contribution in [3.8, 4) is 0 Å². The van der Waals surface area contributed by atoms with Crippen LogP contribution in [0.3, 0.4) is 0 Å². The minimum atomic E-state index is -0.563. The van der Waals surface area contributed by atoms with Crippen molar-refractivity contribution < 1.29 is 19.1 Å². The smallest absolute Gasteiger partial charge is 0.410 e. The van der Waals surface area contributed by atoms with Crippen LogP contribution in [-0.4, -0.2) is 35.2 Å². The molecule has 0 aromatic heterocycles. The van der Waals surface area contributed by atoms with E-state index in [9.17, 15) is 9.59 Å². The highest BCUT2D eigenvalue weighted by atomic mass is 16.6. The van der Waals surface area contributed by atoms with Crippen LogP contribution in [0.25, 0.3) is 0 Å². The van der Waals surface area contributed by atoms with E-state index in [1.54, 1.807) is 4.90 Å². The topological polar surface area (TPSA) is 55.8 Å². The fourth-order valence-electron chi connectivity index (χ4n) is 2.87. The number of likely N-dealkylation sites (tertiary alicyclic amines) is 1. The third kappa shape index (κ3) is 4.71. The van der Waals surface area contributed by atoms with Crippen molar-refractivity contribution >= 4 is 12.1 Å². The molecule has 0 aliphatic carbocycles. The Labute approximate surface area is 137 Å². The molecule has 0 radical (unpaired) electrons. The lowest BCUT2D eigenvalue weighted by Gasteiger charge is -2.41. The number of rotatable bonds is 2. The molecule has 1 saturated heterocycles. The molecule has 1 amide bonds. The molecule has 5 heteroatoms. The largest absolute Gasteiger partial charge is 0.460 e. The first-order valence-electron chi connectivity index (χ1n) is 8.00. The molecule has 0 spiro atoms. The van der Waals surface area contributed by atoms with Gasteiger partial charge in [0.15, 0.2) is 0 Å². The van der Waals surface area contributed by atoms with E-state index in [1.165, 1.54) is 6.92 Å². The Morgan fingerprint density at radius 1 is 1.17 bits per heavy atom. The Morgan fingerprint density at radius 2 is 1.83 bits per heavy atom. The molecule has 2 unspecified atom stereocenters. The van der Waals surface area contributed by atoms with E-state index in [4.69, 9.17) is 9.47 Å². The first-order chi connectivity index (χ1) is 10.8. The number of carbonyl (C=O) groups is 2. The van der Waals surface area contributed by atoms with Gasteiger partial charge in [0.05, 0.1) is 6.04 Å². The average molecular weight is 319 g/mol. The maximum Gasteiger partial charge on any atom is 0.410 e. The number of piperidine rings is 1. The quantitative estimate of drug-likeness (QED) is 0.780. The van der Waals surface area contributed by atoms with Gasteiger partial charge in [0.2, 0.25) is 0 Å². The fourth-order valence-corrected chi connectivity index (χ4v) is 2.87. The van der Waals surface area contributed by atoms with Gasteiger partial charge < -0.3 is 9.47 Å². The zero-order valence-electron chi connectivity index (χ0n) is 14.2. The van der Waals surface area contributed by atoms with Gasteiger partial charge in [-0.1, -0.05) is 30.3 Å². The van der Waals surface area contributed by atoms with Gasteiger partial charge in [-0.05, 0) is 39.2 Å². The monoisotopic (exact) mass is 319 g/mol. The lowest BCUT2D eigenvalue weighted by atomic mass is 9.92. The van der Waals surface area contributed by atoms with Gasteiger partial charge in [-0.3, -0.25) is 9.69 Å². The van der Waals surface area contributed by atoms with Crippen molar-refractivity contribution in [3.05, 3.63) is 35.9 Å². The summed E-state index contributed by atoms with van der Waals surface area (Å²) in [5, 5.41) is 0. The van der Waals surface area contributed by atoms with Crippen molar-refractivity contribution in [3.63, 3.8) is 0 Å². The summed E-state index contributed by atoms with van der Waals surface area (Å²) < 4.78 is 11.0. The molecule has 2 rings (SSSR count). The number of hydrogen-bond donors (Lipinski definition) is 0. The molecule has 1 aliphatic rings. The van der Waals surface area contributed by atoms with Crippen LogP contribution in [0.1, 0.15) is 52.1 Å². The minimum absolute atomic E-state index is 0.316. The third-order valence-electron chi connectivity index (χ3n) is 3.66. The summed E-state index contributed by atoms with van der Waals surface area (Å²) in [6.07, 6.45) is 0.790. The van der Waals surface area contributed by atoms with Crippen LogP contribution in [0, 0.1) is 0 Å². The molecular formula is C18H25NO4. The second-order valence-corrected chi connectivity index (χ2v) is 6.82. The summed E-state index contributed by atoms with van der Waals surface area (Å²) in [5.41, 5.74) is 0.386. The molecule has 2 atom stereocenters. The minimum Gasteiger partial charge on any atom is -0.460 e. The highest BCUT2D eigenvalue weighted by molar-refractivity contribution is 5.70. The summed E-state index contributed by atoms with van der Waals surface area (Å²) in [6, 6.07) is 9.34. The molecule has 0 saturated carbocycles. The van der Waals surface area contributed by atoms with Crippen molar-refractivity contribution in [1.29, 1.82) is 0 Å². The van der Waals surface area contributed by atoms with Gasteiger partial charge in [0, 0.05) is 13.5 Å². The van der Waals surface area contributed by atoms with Crippen LogP contribution >= 0.6 is 0 Å². The first kappa shape index (κ1) is 17.3. The van der Waals surface area contributed by atoms with Crippen molar-refractivity contribution in [2.45, 2.75) is 58.3 Å². The fraction of sp³-hybridized carbons (Fsp3) is 0.556. The number of benzene rings is 1. The zero-order valence-corrected chi connectivity index (χ0v) is 14.2. The number of esters is 1. The van der Waals surface area contributed by atoms with Gasteiger partial charge in [-0.25, -0.2) is 4.79 Å². The maximum absolute atomic E-state index is 12.6. The number of hydrogen-bond acceptors (Lipinski definition) is 4. The van der Waals surface area contributed by atoms with Crippen LogP contribution in [0.4, 0.5) is 4.79 Å². The average Bonchev–Trinajstić information content (AvgIpc) is 2.45. The molecule has 126 valence electrons. The van der Waals surface area contributed by atoms with E-state index in [-0.39, 0.29) is 24.2 Å². The van der Waals surface area contributed by atoms with Crippen LogP contribution in [0.15, 0.2) is 30.3 Å². The predicted octanol–water partition coefficient (Wildman–Crippen LogP) is 3.69. The Morgan fingerprint density at radius 3 is 2.39 bits per heavy atom. The molecule has 0 N–H and O–H groups in total. The lowest BCUT2D eigenvalue weighted by Crippen LogP contribution is -2.48. The lowest BCUT2D eigenvalue weighted by molar-refractivity contribution is -0.152. The Kier molecular flexibility index (Phi) is 5.29.